The number of rotatable bonds is 6. The zero-order valence-corrected chi connectivity index (χ0v) is 10.8. The fourth-order valence-corrected chi connectivity index (χ4v) is 1.67. The van der Waals surface area contributed by atoms with E-state index < -0.39 is 0 Å². The summed E-state index contributed by atoms with van der Waals surface area (Å²) in [6, 6.07) is 1.49. The van der Waals surface area contributed by atoms with Crippen LogP contribution in [0.4, 0.5) is 0 Å². The van der Waals surface area contributed by atoms with Gasteiger partial charge in [-0.1, -0.05) is 23.2 Å². The summed E-state index contributed by atoms with van der Waals surface area (Å²) in [5, 5.41) is 0.642. The van der Waals surface area contributed by atoms with Gasteiger partial charge in [-0.05, 0) is 13.8 Å². The summed E-state index contributed by atoms with van der Waals surface area (Å²) in [5.41, 5.74) is 0. The Morgan fingerprint density at radius 3 is 2.06 bits per heavy atom. The van der Waals surface area contributed by atoms with Crippen molar-refractivity contribution in [3.63, 3.8) is 0 Å². The molecule has 0 unspecified atom stereocenters. The Balaban J connectivity index is 2.68. The van der Waals surface area contributed by atoms with E-state index in [0.717, 1.165) is 0 Å². The molecule has 0 aliphatic heterocycles. The van der Waals surface area contributed by atoms with Crippen molar-refractivity contribution in [2.24, 2.45) is 0 Å². The van der Waals surface area contributed by atoms with E-state index >= 15 is 0 Å². The van der Waals surface area contributed by atoms with Crippen LogP contribution in [-0.2, 0) is 15.9 Å². The Morgan fingerprint density at radius 2 is 1.62 bits per heavy atom. The smallest absolute Gasteiger partial charge is 0.164 e. The Morgan fingerprint density at radius 1 is 1.12 bits per heavy atom. The van der Waals surface area contributed by atoms with Crippen LogP contribution in [0.3, 0.4) is 0 Å². The first-order valence-electron chi connectivity index (χ1n) is 5.07. The molecular formula is C10H14Cl2N2O2. The van der Waals surface area contributed by atoms with E-state index in [1.165, 1.54) is 6.07 Å². The minimum absolute atomic E-state index is 0.321. The summed E-state index contributed by atoms with van der Waals surface area (Å²) in [7, 11) is 0. The van der Waals surface area contributed by atoms with Crippen LogP contribution < -0.4 is 0 Å². The number of halogens is 2. The third kappa shape index (κ3) is 4.61. The van der Waals surface area contributed by atoms with E-state index in [9.17, 15) is 0 Å². The van der Waals surface area contributed by atoms with Crippen molar-refractivity contribution < 1.29 is 9.47 Å². The normalized spacial score (nSPS) is 11.1. The molecule has 0 aromatic carbocycles. The van der Waals surface area contributed by atoms with Crippen LogP contribution in [0, 0.1) is 0 Å². The van der Waals surface area contributed by atoms with Gasteiger partial charge in [-0.25, -0.2) is 9.97 Å². The number of hydrogen-bond acceptors (Lipinski definition) is 4. The van der Waals surface area contributed by atoms with Crippen LogP contribution >= 0.6 is 23.2 Å². The lowest BCUT2D eigenvalue weighted by Crippen LogP contribution is -2.21. The third-order valence-corrected chi connectivity index (χ3v) is 2.15. The van der Waals surface area contributed by atoms with Gasteiger partial charge in [0.1, 0.15) is 16.1 Å². The molecule has 1 heterocycles. The zero-order valence-electron chi connectivity index (χ0n) is 9.24. The molecular weight excluding hydrogens is 251 g/mol. The van der Waals surface area contributed by atoms with Crippen molar-refractivity contribution in [2.45, 2.75) is 26.6 Å². The van der Waals surface area contributed by atoms with Gasteiger partial charge in [-0.2, -0.15) is 0 Å². The maximum absolute atomic E-state index is 5.77. The summed E-state index contributed by atoms with van der Waals surface area (Å²) in [6.07, 6.45) is 0.0756. The predicted octanol–water partition coefficient (Wildman–Crippen LogP) is 2.73. The fourth-order valence-electron chi connectivity index (χ4n) is 1.21. The highest BCUT2D eigenvalue weighted by atomic mass is 35.5. The topological polar surface area (TPSA) is 44.2 Å². The predicted molar refractivity (Wildman–Crippen MR) is 62.8 cm³/mol. The minimum atomic E-state index is -0.357. The molecule has 0 saturated carbocycles. The van der Waals surface area contributed by atoms with Gasteiger partial charge in [-0.3, -0.25) is 0 Å². The molecule has 16 heavy (non-hydrogen) atoms. The summed E-state index contributed by atoms with van der Waals surface area (Å²) >= 11 is 11.5. The van der Waals surface area contributed by atoms with E-state index in [1.54, 1.807) is 0 Å². The second kappa shape index (κ2) is 7.01. The molecule has 0 aliphatic rings. The molecule has 6 heteroatoms. The Bertz CT molecular complexity index is 310. The average Bonchev–Trinajstić information content (AvgIpc) is 2.16. The molecule has 1 aromatic rings. The molecule has 0 saturated heterocycles. The van der Waals surface area contributed by atoms with Crippen molar-refractivity contribution in [2.75, 3.05) is 13.2 Å². The lowest BCUT2D eigenvalue weighted by molar-refractivity contribution is -0.135. The number of aromatic nitrogens is 2. The van der Waals surface area contributed by atoms with Gasteiger partial charge in [-0.15, -0.1) is 0 Å². The molecule has 90 valence electrons. The number of nitrogens with zero attached hydrogens (tertiary/aromatic N) is 2. The molecule has 0 fully saturated rings. The SMILES string of the molecule is CCOC(Cc1nc(Cl)cc(Cl)n1)OCC. The summed E-state index contributed by atoms with van der Waals surface area (Å²) < 4.78 is 10.8. The van der Waals surface area contributed by atoms with E-state index in [0.29, 0.717) is 35.8 Å². The standard InChI is InChI=1S/C10H14Cl2N2O2/c1-3-15-10(16-4-2)6-9-13-7(11)5-8(12)14-9/h5,10H,3-4,6H2,1-2H3. The van der Waals surface area contributed by atoms with Gasteiger partial charge in [0.25, 0.3) is 0 Å². The lowest BCUT2D eigenvalue weighted by Gasteiger charge is -2.15. The largest absolute Gasteiger partial charge is 0.352 e. The third-order valence-electron chi connectivity index (χ3n) is 1.76. The van der Waals surface area contributed by atoms with E-state index in [2.05, 4.69) is 9.97 Å². The average molecular weight is 265 g/mol. The van der Waals surface area contributed by atoms with Gasteiger partial charge in [0, 0.05) is 19.3 Å². The van der Waals surface area contributed by atoms with Gasteiger partial charge >= 0.3 is 0 Å². The molecule has 1 aromatic heterocycles. The molecule has 0 amide bonds. The molecule has 0 aliphatic carbocycles. The summed E-state index contributed by atoms with van der Waals surface area (Å²) in [4.78, 5) is 8.10. The summed E-state index contributed by atoms with van der Waals surface area (Å²) in [5.74, 6) is 0.518. The van der Waals surface area contributed by atoms with Crippen LogP contribution in [0.1, 0.15) is 19.7 Å². The van der Waals surface area contributed by atoms with E-state index in [4.69, 9.17) is 32.7 Å². The highest BCUT2D eigenvalue weighted by molar-refractivity contribution is 6.33. The molecule has 0 spiro atoms. The Hall–Kier alpha value is -0.420. The molecule has 0 radical (unpaired) electrons. The molecule has 0 atom stereocenters. The first kappa shape index (κ1) is 13.6. The van der Waals surface area contributed by atoms with Crippen LogP contribution in [0.5, 0.6) is 0 Å². The van der Waals surface area contributed by atoms with Crippen molar-refractivity contribution in [1.82, 2.24) is 9.97 Å². The molecule has 0 N–H and O–H groups in total. The first-order valence-corrected chi connectivity index (χ1v) is 5.83. The van der Waals surface area contributed by atoms with Gasteiger partial charge < -0.3 is 9.47 Å². The number of hydrogen-bond donors (Lipinski definition) is 0. The summed E-state index contributed by atoms with van der Waals surface area (Å²) in [6.45, 7) is 4.94. The fraction of sp³-hybridized carbons (Fsp3) is 0.600. The minimum Gasteiger partial charge on any atom is -0.352 e. The van der Waals surface area contributed by atoms with Gasteiger partial charge in [0.15, 0.2) is 6.29 Å². The van der Waals surface area contributed by atoms with E-state index in [1.807, 2.05) is 13.8 Å². The molecule has 0 bridgehead atoms. The Labute approximate surface area is 105 Å². The number of ether oxygens (including phenoxy) is 2. The molecule has 1 rings (SSSR count). The van der Waals surface area contributed by atoms with Crippen molar-refractivity contribution in [1.29, 1.82) is 0 Å². The monoisotopic (exact) mass is 264 g/mol. The van der Waals surface area contributed by atoms with Gasteiger partial charge in [0.2, 0.25) is 0 Å². The van der Waals surface area contributed by atoms with Gasteiger partial charge in [0.05, 0.1) is 6.42 Å². The van der Waals surface area contributed by atoms with Crippen LogP contribution in [0.25, 0.3) is 0 Å². The van der Waals surface area contributed by atoms with Crippen molar-refractivity contribution >= 4 is 23.2 Å². The highest BCUT2D eigenvalue weighted by Crippen LogP contribution is 2.13. The maximum atomic E-state index is 5.77. The van der Waals surface area contributed by atoms with Crippen LogP contribution in [0.2, 0.25) is 10.3 Å². The van der Waals surface area contributed by atoms with E-state index in [-0.39, 0.29) is 6.29 Å². The van der Waals surface area contributed by atoms with Crippen LogP contribution in [-0.4, -0.2) is 29.5 Å². The highest BCUT2D eigenvalue weighted by Gasteiger charge is 2.12. The second-order valence-electron chi connectivity index (χ2n) is 2.97. The lowest BCUT2D eigenvalue weighted by atomic mass is 10.4. The zero-order chi connectivity index (χ0) is 12.0. The Kier molecular flexibility index (Phi) is 5.98. The second-order valence-corrected chi connectivity index (χ2v) is 3.75. The quantitative estimate of drug-likeness (QED) is 0.586. The van der Waals surface area contributed by atoms with Crippen LogP contribution in [0.15, 0.2) is 6.07 Å². The maximum Gasteiger partial charge on any atom is 0.164 e. The van der Waals surface area contributed by atoms with Crippen molar-refractivity contribution in [3.05, 3.63) is 22.2 Å². The van der Waals surface area contributed by atoms with Crippen molar-refractivity contribution in [3.8, 4) is 0 Å². The molecule has 4 nitrogen and oxygen atoms in total. The first-order chi connectivity index (χ1) is 7.65.